The molecule has 1 saturated heterocycles. The van der Waals surface area contributed by atoms with Gasteiger partial charge in [-0.3, -0.25) is 13.9 Å². The topological polar surface area (TPSA) is 71.8 Å². The zero-order chi connectivity index (χ0) is 20.0. The fourth-order valence-electron chi connectivity index (χ4n) is 4.73. The van der Waals surface area contributed by atoms with E-state index < -0.39 is 0 Å². The summed E-state index contributed by atoms with van der Waals surface area (Å²) >= 11 is 0. The van der Waals surface area contributed by atoms with Crippen LogP contribution in [0.25, 0.3) is 21.9 Å². The molecule has 7 heteroatoms. The molecule has 1 aromatic carbocycles. The van der Waals surface area contributed by atoms with Gasteiger partial charge in [-0.25, -0.2) is 4.98 Å². The highest BCUT2D eigenvalue weighted by Crippen LogP contribution is 2.47. The zero-order valence-electron chi connectivity index (χ0n) is 16.4. The Balaban J connectivity index is 1.25. The van der Waals surface area contributed by atoms with Gasteiger partial charge in [0.05, 0.1) is 12.9 Å². The highest BCUT2D eigenvalue weighted by Gasteiger charge is 2.54. The number of carbonyl (C=O) groups excluding carboxylic acids is 1. The van der Waals surface area contributed by atoms with Gasteiger partial charge in [0.15, 0.2) is 0 Å². The van der Waals surface area contributed by atoms with E-state index in [1.54, 1.807) is 10.9 Å². The van der Waals surface area contributed by atoms with Crippen LogP contribution in [0.15, 0.2) is 42.9 Å². The molecule has 6 nitrogen and oxygen atoms in total. The average molecular weight is 393 g/mol. The molecular formula is C22H24FN5O. The van der Waals surface area contributed by atoms with Crippen LogP contribution in [0.1, 0.15) is 25.7 Å². The van der Waals surface area contributed by atoms with Gasteiger partial charge in [-0.2, -0.15) is 5.10 Å². The number of benzene rings is 1. The molecule has 1 aliphatic carbocycles. The first kappa shape index (κ1) is 18.2. The van der Waals surface area contributed by atoms with Gasteiger partial charge in [-0.1, -0.05) is 12.1 Å². The number of nitrogens with one attached hydrogen (secondary N) is 2. The molecule has 1 aliphatic heterocycles. The van der Waals surface area contributed by atoms with Crippen molar-refractivity contribution in [2.75, 3.05) is 12.0 Å². The molecule has 1 saturated carbocycles. The van der Waals surface area contributed by atoms with Gasteiger partial charge in [0.2, 0.25) is 5.91 Å². The fourth-order valence-corrected chi connectivity index (χ4v) is 4.73. The van der Waals surface area contributed by atoms with Gasteiger partial charge in [-0.05, 0) is 48.8 Å². The second-order valence-corrected chi connectivity index (χ2v) is 8.43. The van der Waals surface area contributed by atoms with Gasteiger partial charge in [0, 0.05) is 47.9 Å². The predicted octanol–water partition coefficient (Wildman–Crippen LogP) is 3.44. The third-order valence-electron chi connectivity index (χ3n) is 6.26. The minimum absolute atomic E-state index is 0.00643. The number of rotatable bonds is 5. The molecule has 1 amide bonds. The molecule has 5 rings (SSSR count). The number of hydrogen-bond donors (Lipinski definition) is 2. The normalized spacial score (nSPS) is 25.6. The van der Waals surface area contributed by atoms with E-state index in [1.165, 1.54) is 0 Å². The maximum absolute atomic E-state index is 12.6. The second-order valence-electron chi connectivity index (χ2n) is 8.43. The lowest BCUT2D eigenvalue weighted by molar-refractivity contribution is -0.128. The largest absolute Gasteiger partial charge is 0.310 e. The fraction of sp³-hybridized carbons (Fsp3) is 0.409. The number of carbonyl (C=O) groups is 1. The molecule has 1 atom stereocenters. The van der Waals surface area contributed by atoms with Crippen molar-refractivity contribution in [3.63, 3.8) is 0 Å². The zero-order valence-corrected chi connectivity index (χ0v) is 16.4. The molecule has 0 bridgehead atoms. The summed E-state index contributed by atoms with van der Waals surface area (Å²) < 4.78 is 14.2. The number of nitrogens with zero attached hydrogens (tertiary/aromatic N) is 3. The number of alkyl halides is 1. The summed E-state index contributed by atoms with van der Waals surface area (Å²) in [5, 5.41) is 12.7. The highest BCUT2D eigenvalue weighted by atomic mass is 19.1. The van der Waals surface area contributed by atoms with Crippen LogP contribution in [0, 0.1) is 5.92 Å². The molecular weight excluding hydrogens is 369 g/mol. The van der Waals surface area contributed by atoms with Crippen molar-refractivity contribution in [1.29, 1.82) is 0 Å². The van der Waals surface area contributed by atoms with Gasteiger partial charge in [0.1, 0.15) is 5.82 Å². The molecule has 1 spiro atoms. The average Bonchev–Trinajstić information content (AvgIpc) is 3.08. The summed E-state index contributed by atoms with van der Waals surface area (Å²) in [5.41, 5.74) is 2.20. The van der Waals surface area contributed by atoms with E-state index in [4.69, 9.17) is 0 Å². The van der Waals surface area contributed by atoms with E-state index in [9.17, 15) is 9.18 Å². The monoisotopic (exact) mass is 393 g/mol. The maximum atomic E-state index is 12.6. The first-order valence-electron chi connectivity index (χ1n) is 10.1. The minimum Gasteiger partial charge on any atom is -0.310 e. The van der Waals surface area contributed by atoms with Crippen LogP contribution in [0.3, 0.4) is 0 Å². The third-order valence-corrected chi connectivity index (χ3v) is 6.26. The summed E-state index contributed by atoms with van der Waals surface area (Å²) in [7, 11) is 1.90. The molecule has 3 aromatic rings. The Hall–Kier alpha value is -2.80. The van der Waals surface area contributed by atoms with E-state index >= 15 is 0 Å². The van der Waals surface area contributed by atoms with Crippen LogP contribution < -0.4 is 10.6 Å². The number of fused-ring (bicyclic) bond motifs is 1. The van der Waals surface area contributed by atoms with Gasteiger partial charge >= 0.3 is 0 Å². The van der Waals surface area contributed by atoms with Crippen LogP contribution >= 0.6 is 0 Å². The van der Waals surface area contributed by atoms with Crippen LogP contribution in [-0.2, 0) is 11.8 Å². The molecule has 2 aromatic heterocycles. The van der Waals surface area contributed by atoms with Crippen LogP contribution in [0.2, 0.25) is 0 Å². The molecule has 2 N–H and O–H groups in total. The van der Waals surface area contributed by atoms with Gasteiger partial charge in [0.25, 0.3) is 0 Å². The quantitative estimate of drug-likeness (QED) is 0.697. The SMILES string of the molecule is Cn1cc(-c2ccc3cnc(NC(=O)C4CC5(CC(CCF)N5)C4)cc3c2)cn1. The lowest BCUT2D eigenvalue weighted by atomic mass is 9.60. The van der Waals surface area contributed by atoms with Gasteiger partial charge in [-0.15, -0.1) is 0 Å². The summed E-state index contributed by atoms with van der Waals surface area (Å²) in [5.74, 6) is 0.582. The van der Waals surface area contributed by atoms with E-state index in [1.807, 2.05) is 31.6 Å². The number of halogens is 1. The Labute approximate surface area is 168 Å². The highest BCUT2D eigenvalue weighted by molar-refractivity contribution is 5.95. The molecule has 2 aliphatic rings. The van der Waals surface area contributed by atoms with Crippen LogP contribution in [0.4, 0.5) is 10.2 Å². The summed E-state index contributed by atoms with van der Waals surface area (Å²) in [6, 6.07) is 8.36. The van der Waals surface area contributed by atoms with E-state index in [0.29, 0.717) is 12.2 Å². The van der Waals surface area contributed by atoms with Crippen LogP contribution in [0.5, 0.6) is 0 Å². The Morgan fingerprint density at radius 3 is 2.79 bits per heavy atom. The number of hydrogen-bond acceptors (Lipinski definition) is 4. The van der Waals surface area contributed by atoms with Gasteiger partial charge < -0.3 is 10.6 Å². The maximum Gasteiger partial charge on any atom is 0.228 e. The summed E-state index contributed by atoms with van der Waals surface area (Å²) in [4.78, 5) is 17.0. The molecule has 3 heterocycles. The molecule has 2 fully saturated rings. The lowest BCUT2D eigenvalue weighted by Gasteiger charge is -2.58. The Bertz CT molecular complexity index is 1060. The summed E-state index contributed by atoms with van der Waals surface area (Å²) in [6.45, 7) is -0.284. The lowest BCUT2D eigenvalue weighted by Crippen LogP contribution is -2.70. The smallest absolute Gasteiger partial charge is 0.228 e. The van der Waals surface area contributed by atoms with Crippen molar-refractivity contribution < 1.29 is 9.18 Å². The predicted molar refractivity (Wildman–Crippen MR) is 110 cm³/mol. The first-order valence-corrected chi connectivity index (χ1v) is 10.1. The van der Waals surface area contributed by atoms with Crippen LogP contribution in [-0.4, -0.2) is 38.9 Å². The van der Waals surface area contributed by atoms with Crippen molar-refractivity contribution in [3.8, 4) is 11.1 Å². The number of aryl methyl sites for hydroxylation is 1. The molecule has 0 radical (unpaired) electrons. The van der Waals surface area contributed by atoms with Crippen molar-refractivity contribution >= 4 is 22.5 Å². The third kappa shape index (κ3) is 3.40. The first-order chi connectivity index (χ1) is 14.0. The van der Waals surface area contributed by atoms with Crippen molar-refractivity contribution in [1.82, 2.24) is 20.1 Å². The number of pyridine rings is 1. The molecule has 1 unspecified atom stereocenters. The second kappa shape index (κ2) is 6.91. The molecule has 29 heavy (non-hydrogen) atoms. The number of aromatic nitrogens is 3. The van der Waals surface area contributed by atoms with E-state index in [0.717, 1.165) is 41.2 Å². The minimum atomic E-state index is -0.284. The number of anilines is 1. The van der Waals surface area contributed by atoms with E-state index in [2.05, 4.69) is 32.8 Å². The van der Waals surface area contributed by atoms with Crippen molar-refractivity contribution in [2.45, 2.75) is 37.3 Å². The Morgan fingerprint density at radius 1 is 1.24 bits per heavy atom. The standard InChI is InChI=1S/C22H24FN5O/c1-28-13-18(12-25-28)14-2-3-15-11-24-20(7-16(15)6-14)26-21(29)17-8-22(9-17)10-19(27-22)4-5-23/h2-3,6-7,11-13,17,19,27H,4-5,8-10H2,1H3,(H,24,26,29). The number of amides is 1. The Kier molecular flexibility index (Phi) is 4.35. The molecule has 150 valence electrons. The Morgan fingerprint density at radius 2 is 2.07 bits per heavy atom. The summed E-state index contributed by atoms with van der Waals surface area (Å²) in [6.07, 6.45) is 8.79. The van der Waals surface area contributed by atoms with Crippen molar-refractivity contribution in [3.05, 3.63) is 42.9 Å². The van der Waals surface area contributed by atoms with Crippen molar-refractivity contribution in [2.24, 2.45) is 13.0 Å². The van der Waals surface area contributed by atoms with E-state index in [-0.39, 0.29) is 30.1 Å².